The zero-order valence-corrected chi connectivity index (χ0v) is 12.9. The normalized spacial score (nSPS) is 17.5. The van der Waals surface area contributed by atoms with E-state index in [-0.39, 0.29) is 11.4 Å². The fourth-order valence-corrected chi connectivity index (χ4v) is 2.83. The average Bonchev–Trinajstić information content (AvgIpc) is 2.47. The second-order valence-corrected chi connectivity index (χ2v) is 6.26. The molecule has 0 fully saturated rings. The zero-order chi connectivity index (χ0) is 15.6. The van der Waals surface area contributed by atoms with Gasteiger partial charge in [-0.2, -0.15) is 0 Å². The molecule has 1 aliphatic heterocycles. The second kappa shape index (κ2) is 5.68. The molecule has 0 spiro atoms. The van der Waals surface area contributed by atoms with Crippen LogP contribution in [0.4, 0.5) is 5.69 Å². The molecule has 0 unspecified atom stereocenters. The number of anilines is 1. The van der Waals surface area contributed by atoms with E-state index in [2.05, 4.69) is 36.6 Å². The smallest absolute Gasteiger partial charge is 0.250 e. The Morgan fingerprint density at radius 3 is 2.55 bits per heavy atom. The number of carbonyl (C=O) groups is 1. The van der Waals surface area contributed by atoms with Crippen LogP contribution in [0.15, 0.2) is 60.7 Å². The highest BCUT2D eigenvalue weighted by Gasteiger charge is 2.27. The third-order valence-electron chi connectivity index (χ3n) is 3.73. The van der Waals surface area contributed by atoms with Crippen LogP contribution in [0.2, 0.25) is 0 Å². The molecule has 2 aromatic carbocycles. The van der Waals surface area contributed by atoms with E-state index in [0.717, 1.165) is 23.4 Å². The number of fused-ring (bicyclic) bond motifs is 1. The highest BCUT2D eigenvalue weighted by molar-refractivity contribution is 6.04. The molecule has 22 heavy (non-hydrogen) atoms. The predicted octanol–water partition coefficient (Wildman–Crippen LogP) is 3.59. The fourth-order valence-electron chi connectivity index (χ4n) is 2.83. The van der Waals surface area contributed by atoms with E-state index in [9.17, 15) is 4.79 Å². The van der Waals surface area contributed by atoms with E-state index >= 15 is 0 Å². The minimum absolute atomic E-state index is 0.0623. The van der Waals surface area contributed by atoms with Gasteiger partial charge in [-0.3, -0.25) is 4.79 Å². The summed E-state index contributed by atoms with van der Waals surface area (Å²) < 4.78 is 0. The van der Waals surface area contributed by atoms with Crippen molar-refractivity contribution < 1.29 is 4.79 Å². The molecule has 0 radical (unpaired) electrons. The van der Waals surface area contributed by atoms with Crippen molar-refractivity contribution in [2.75, 3.05) is 5.32 Å². The summed E-state index contributed by atoms with van der Waals surface area (Å²) in [6.45, 7) is 4.29. The highest BCUT2D eigenvalue weighted by atomic mass is 16.1. The minimum atomic E-state index is -0.124. The van der Waals surface area contributed by atoms with Crippen molar-refractivity contribution >= 4 is 17.3 Å². The number of amides is 1. The van der Waals surface area contributed by atoms with E-state index in [4.69, 9.17) is 0 Å². The van der Waals surface area contributed by atoms with Gasteiger partial charge in [0.15, 0.2) is 0 Å². The summed E-state index contributed by atoms with van der Waals surface area (Å²) >= 11 is 0. The fraction of sp³-hybridized carbons (Fsp3) is 0.211. The van der Waals surface area contributed by atoms with Crippen molar-refractivity contribution in [1.29, 1.82) is 0 Å². The predicted molar refractivity (Wildman–Crippen MR) is 90.4 cm³/mol. The van der Waals surface area contributed by atoms with Crippen LogP contribution >= 0.6 is 0 Å². The van der Waals surface area contributed by atoms with Gasteiger partial charge in [-0.25, -0.2) is 0 Å². The van der Waals surface area contributed by atoms with Crippen molar-refractivity contribution in [2.45, 2.75) is 25.8 Å². The molecule has 2 aromatic rings. The average molecular weight is 292 g/mol. The molecule has 2 N–H and O–H groups in total. The molecule has 3 heteroatoms. The molecule has 0 bridgehead atoms. The van der Waals surface area contributed by atoms with Gasteiger partial charge < -0.3 is 10.6 Å². The van der Waals surface area contributed by atoms with Crippen LogP contribution in [-0.4, -0.2) is 11.4 Å². The molecule has 3 nitrogen and oxygen atoms in total. The van der Waals surface area contributed by atoms with Gasteiger partial charge >= 0.3 is 0 Å². The van der Waals surface area contributed by atoms with Gasteiger partial charge in [-0.05, 0) is 38.0 Å². The van der Waals surface area contributed by atoms with E-state index in [1.165, 1.54) is 5.56 Å². The number of hydrogen-bond acceptors (Lipinski definition) is 2. The zero-order valence-electron chi connectivity index (χ0n) is 12.9. The van der Waals surface area contributed by atoms with Gasteiger partial charge in [0.05, 0.1) is 0 Å². The molecule has 0 saturated carbocycles. The number of nitrogens with one attached hydrogen (secondary N) is 2. The van der Waals surface area contributed by atoms with Crippen molar-refractivity contribution in [1.82, 2.24) is 5.32 Å². The molecule has 0 saturated heterocycles. The Kier molecular flexibility index (Phi) is 3.72. The van der Waals surface area contributed by atoms with Crippen LogP contribution in [0, 0.1) is 0 Å². The number of carbonyl (C=O) groups excluding carboxylic acids is 1. The lowest BCUT2D eigenvalue weighted by molar-refractivity contribution is -0.111. The monoisotopic (exact) mass is 292 g/mol. The van der Waals surface area contributed by atoms with Gasteiger partial charge in [0.25, 0.3) is 0 Å². The van der Waals surface area contributed by atoms with E-state index in [0.29, 0.717) is 0 Å². The van der Waals surface area contributed by atoms with Gasteiger partial charge in [-0.15, -0.1) is 0 Å². The molecule has 1 heterocycles. The molecule has 1 aliphatic rings. The Labute approximate surface area is 131 Å². The molecule has 0 aromatic heterocycles. The lowest BCUT2D eigenvalue weighted by Crippen LogP contribution is -2.44. The SMILES string of the molecule is CC1(C)Cc2ccccc2/C(=C\C(=O)Nc2ccccc2)N1. The summed E-state index contributed by atoms with van der Waals surface area (Å²) in [6.07, 6.45) is 2.59. The molecular weight excluding hydrogens is 272 g/mol. The van der Waals surface area contributed by atoms with Crippen molar-refractivity contribution in [2.24, 2.45) is 0 Å². The van der Waals surface area contributed by atoms with Crippen molar-refractivity contribution in [3.05, 3.63) is 71.8 Å². The number of rotatable bonds is 2. The summed E-state index contributed by atoms with van der Waals surface area (Å²) in [5.74, 6) is -0.124. The molecule has 3 rings (SSSR count). The topological polar surface area (TPSA) is 41.1 Å². The summed E-state index contributed by atoms with van der Waals surface area (Å²) in [4.78, 5) is 12.3. The summed E-state index contributed by atoms with van der Waals surface area (Å²) in [5.41, 5.74) is 3.98. The molecule has 0 atom stereocenters. The second-order valence-electron chi connectivity index (χ2n) is 6.26. The van der Waals surface area contributed by atoms with E-state index in [1.807, 2.05) is 42.5 Å². The third kappa shape index (κ3) is 3.19. The highest BCUT2D eigenvalue weighted by Crippen LogP contribution is 2.29. The first-order valence-corrected chi connectivity index (χ1v) is 7.48. The van der Waals surface area contributed by atoms with E-state index in [1.54, 1.807) is 6.08 Å². The standard InChI is InChI=1S/C19H20N2O/c1-19(2)13-14-8-6-7-11-16(14)17(21-19)12-18(22)20-15-9-4-3-5-10-15/h3-12,21H,13H2,1-2H3,(H,20,22)/b17-12+. The quantitative estimate of drug-likeness (QED) is 0.831. The summed E-state index contributed by atoms with van der Waals surface area (Å²) in [7, 11) is 0. The lowest BCUT2D eigenvalue weighted by atomic mass is 9.86. The Balaban J connectivity index is 1.88. The Morgan fingerprint density at radius 2 is 1.77 bits per heavy atom. The van der Waals surface area contributed by atoms with E-state index < -0.39 is 0 Å². The minimum Gasteiger partial charge on any atom is -0.379 e. The van der Waals surface area contributed by atoms with Gasteiger partial charge in [0.1, 0.15) is 0 Å². The van der Waals surface area contributed by atoms with Crippen LogP contribution in [0.3, 0.4) is 0 Å². The molecular formula is C19H20N2O. The summed E-state index contributed by atoms with van der Waals surface area (Å²) in [6, 6.07) is 17.7. The largest absolute Gasteiger partial charge is 0.379 e. The first kappa shape index (κ1) is 14.4. The Hall–Kier alpha value is -2.55. The van der Waals surface area contributed by atoms with Crippen LogP contribution in [0.5, 0.6) is 0 Å². The maximum atomic E-state index is 12.3. The molecule has 1 amide bonds. The van der Waals surface area contributed by atoms with Crippen LogP contribution in [0.1, 0.15) is 25.0 Å². The van der Waals surface area contributed by atoms with Crippen LogP contribution < -0.4 is 10.6 Å². The lowest BCUT2D eigenvalue weighted by Gasteiger charge is -2.35. The summed E-state index contributed by atoms with van der Waals surface area (Å²) in [5, 5.41) is 6.36. The third-order valence-corrected chi connectivity index (χ3v) is 3.73. The van der Waals surface area contributed by atoms with Gasteiger partial charge in [0.2, 0.25) is 5.91 Å². The van der Waals surface area contributed by atoms with Gasteiger partial charge in [-0.1, -0.05) is 42.5 Å². The van der Waals surface area contributed by atoms with Gasteiger partial charge in [0, 0.05) is 28.6 Å². The van der Waals surface area contributed by atoms with Crippen LogP contribution in [0.25, 0.3) is 5.70 Å². The Morgan fingerprint density at radius 1 is 1.09 bits per heavy atom. The van der Waals surface area contributed by atoms with Crippen molar-refractivity contribution in [3.63, 3.8) is 0 Å². The van der Waals surface area contributed by atoms with Crippen LogP contribution in [-0.2, 0) is 11.2 Å². The molecule has 0 aliphatic carbocycles. The first-order chi connectivity index (χ1) is 10.5. The number of para-hydroxylation sites is 1. The number of benzene rings is 2. The maximum Gasteiger partial charge on any atom is 0.250 e. The molecule has 112 valence electrons. The number of hydrogen-bond donors (Lipinski definition) is 2. The maximum absolute atomic E-state index is 12.3. The first-order valence-electron chi connectivity index (χ1n) is 7.48. The Bertz CT molecular complexity index is 717. The van der Waals surface area contributed by atoms with Crippen molar-refractivity contribution in [3.8, 4) is 0 Å².